The molecule has 1 heterocycles. The van der Waals surface area contributed by atoms with Gasteiger partial charge in [0.05, 0.1) is 6.61 Å². The van der Waals surface area contributed by atoms with Crippen molar-refractivity contribution < 1.29 is 5.11 Å². The molecule has 2 atom stereocenters. The molecule has 0 fully saturated rings. The smallest absolute Gasteiger partial charge is 0.127 e. The summed E-state index contributed by atoms with van der Waals surface area (Å²) < 4.78 is 0. The molecule has 5 heteroatoms. The Morgan fingerprint density at radius 2 is 2.29 bits per heavy atom. The van der Waals surface area contributed by atoms with E-state index < -0.39 is 0 Å². The van der Waals surface area contributed by atoms with E-state index >= 15 is 0 Å². The Morgan fingerprint density at radius 1 is 1.53 bits per heavy atom. The summed E-state index contributed by atoms with van der Waals surface area (Å²) in [5, 5.41) is 16.0. The summed E-state index contributed by atoms with van der Waals surface area (Å²) in [5.74, 6) is 0.870. The average Bonchev–Trinajstić information content (AvgIpc) is 2.31. The van der Waals surface area contributed by atoms with Crippen molar-refractivity contribution in [3.05, 3.63) is 18.3 Å². The van der Waals surface area contributed by atoms with Crippen molar-refractivity contribution in [1.29, 1.82) is 0 Å². The maximum atomic E-state index is 9.23. The lowest BCUT2D eigenvalue weighted by molar-refractivity contribution is 0.288. The van der Waals surface area contributed by atoms with Crippen LogP contribution in [-0.4, -0.2) is 40.8 Å². The number of nitrogens with zero attached hydrogens (tertiary/aromatic N) is 1. The molecule has 0 aliphatic carbocycles. The van der Waals surface area contributed by atoms with Crippen LogP contribution >= 0.6 is 11.8 Å². The number of hydrogen-bond acceptors (Lipinski definition) is 5. The minimum Gasteiger partial charge on any atom is -0.395 e. The largest absolute Gasteiger partial charge is 0.395 e. The van der Waals surface area contributed by atoms with Gasteiger partial charge in [-0.15, -0.1) is 0 Å². The van der Waals surface area contributed by atoms with Crippen LogP contribution in [0.4, 0.5) is 11.5 Å². The number of thioether (sulfide) groups is 1. The number of anilines is 2. The molecule has 4 nitrogen and oxygen atoms in total. The molecule has 1 rings (SSSR count). The van der Waals surface area contributed by atoms with Crippen LogP contribution in [0, 0.1) is 0 Å². The fraction of sp³-hybridized carbons (Fsp3) is 0.583. The SMILES string of the molecule is CCNc1cc(NC(C)C(CO)SC)ccn1. The summed E-state index contributed by atoms with van der Waals surface area (Å²) in [7, 11) is 0. The van der Waals surface area contributed by atoms with Gasteiger partial charge in [0.15, 0.2) is 0 Å². The first-order valence-electron chi connectivity index (χ1n) is 5.81. The summed E-state index contributed by atoms with van der Waals surface area (Å²) in [4.78, 5) is 4.22. The molecule has 1 aromatic rings. The number of pyridine rings is 1. The van der Waals surface area contributed by atoms with E-state index in [4.69, 9.17) is 0 Å². The van der Waals surface area contributed by atoms with E-state index in [-0.39, 0.29) is 17.9 Å². The van der Waals surface area contributed by atoms with Gasteiger partial charge < -0.3 is 15.7 Å². The zero-order valence-electron chi connectivity index (χ0n) is 10.6. The normalized spacial score (nSPS) is 14.1. The molecule has 0 saturated heterocycles. The Kier molecular flexibility index (Phi) is 6.15. The van der Waals surface area contributed by atoms with Gasteiger partial charge in [-0.25, -0.2) is 4.98 Å². The quantitative estimate of drug-likeness (QED) is 0.696. The van der Waals surface area contributed by atoms with E-state index in [9.17, 15) is 5.11 Å². The Labute approximate surface area is 107 Å². The van der Waals surface area contributed by atoms with E-state index in [1.54, 1.807) is 18.0 Å². The molecular weight excluding hydrogens is 234 g/mol. The molecule has 0 spiro atoms. The molecule has 2 unspecified atom stereocenters. The van der Waals surface area contributed by atoms with Crippen molar-refractivity contribution in [3.63, 3.8) is 0 Å². The lowest BCUT2D eigenvalue weighted by Crippen LogP contribution is -2.30. The van der Waals surface area contributed by atoms with Crippen molar-refractivity contribution in [2.24, 2.45) is 0 Å². The minimum atomic E-state index is 0.181. The molecule has 17 heavy (non-hydrogen) atoms. The molecule has 0 radical (unpaired) electrons. The first-order valence-corrected chi connectivity index (χ1v) is 7.10. The highest BCUT2D eigenvalue weighted by molar-refractivity contribution is 7.99. The highest BCUT2D eigenvalue weighted by Crippen LogP contribution is 2.17. The van der Waals surface area contributed by atoms with E-state index in [1.807, 2.05) is 25.3 Å². The average molecular weight is 255 g/mol. The van der Waals surface area contributed by atoms with Gasteiger partial charge in [0.1, 0.15) is 5.82 Å². The van der Waals surface area contributed by atoms with Gasteiger partial charge >= 0.3 is 0 Å². The predicted octanol–water partition coefficient (Wildman–Crippen LogP) is 2.04. The van der Waals surface area contributed by atoms with Gasteiger partial charge in [-0.2, -0.15) is 11.8 Å². The number of hydrogen-bond donors (Lipinski definition) is 3. The third-order valence-electron chi connectivity index (χ3n) is 2.55. The summed E-state index contributed by atoms with van der Waals surface area (Å²) in [6.07, 6.45) is 3.79. The van der Waals surface area contributed by atoms with Crippen molar-refractivity contribution in [2.45, 2.75) is 25.1 Å². The van der Waals surface area contributed by atoms with Crippen LogP contribution < -0.4 is 10.6 Å². The second-order valence-electron chi connectivity index (χ2n) is 3.85. The van der Waals surface area contributed by atoms with Crippen LogP contribution in [0.3, 0.4) is 0 Å². The van der Waals surface area contributed by atoms with E-state index in [0.29, 0.717) is 0 Å². The van der Waals surface area contributed by atoms with E-state index in [1.165, 1.54) is 0 Å². The lowest BCUT2D eigenvalue weighted by atomic mass is 10.2. The molecule has 0 aliphatic heterocycles. The highest BCUT2D eigenvalue weighted by atomic mass is 32.2. The summed E-state index contributed by atoms with van der Waals surface area (Å²) >= 11 is 1.67. The second-order valence-corrected chi connectivity index (χ2v) is 4.93. The van der Waals surface area contributed by atoms with Crippen molar-refractivity contribution in [2.75, 3.05) is 30.0 Å². The van der Waals surface area contributed by atoms with Crippen LogP contribution in [-0.2, 0) is 0 Å². The second kappa shape index (κ2) is 7.40. The van der Waals surface area contributed by atoms with Crippen LogP contribution in [0.15, 0.2) is 18.3 Å². The summed E-state index contributed by atoms with van der Waals surface area (Å²) in [6, 6.07) is 4.13. The molecule has 0 bridgehead atoms. The molecule has 96 valence electrons. The van der Waals surface area contributed by atoms with Crippen LogP contribution in [0.25, 0.3) is 0 Å². The standard InChI is InChI=1S/C12H21N3OS/c1-4-13-12-7-10(5-6-14-12)15-9(2)11(8-16)17-3/h5-7,9,11,16H,4,8H2,1-3H3,(H2,13,14,15). The fourth-order valence-electron chi connectivity index (χ4n) is 1.59. The fourth-order valence-corrected chi connectivity index (χ4v) is 2.22. The minimum absolute atomic E-state index is 0.181. The third kappa shape index (κ3) is 4.44. The van der Waals surface area contributed by atoms with Crippen LogP contribution in [0.1, 0.15) is 13.8 Å². The van der Waals surface area contributed by atoms with Gasteiger partial charge in [-0.3, -0.25) is 0 Å². The van der Waals surface area contributed by atoms with Crippen LogP contribution in [0.2, 0.25) is 0 Å². The molecule has 3 N–H and O–H groups in total. The predicted molar refractivity (Wildman–Crippen MR) is 75.9 cm³/mol. The molecule has 0 amide bonds. The topological polar surface area (TPSA) is 57.2 Å². The molecule has 1 aromatic heterocycles. The maximum Gasteiger partial charge on any atom is 0.127 e. The van der Waals surface area contributed by atoms with Crippen molar-refractivity contribution in [3.8, 4) is 0 Å². The van der Waals surface area contributed by atoms with Gasteiger partial charge in [0, 0.05) is 35.8 Å². The number of aliphatic hydroxyl groups is 1. The van der Waals surface area contributed by atoms with Crippen LogP contribution in [0.5, 0.6) is 0 Å². The zero-order chi connectivity index (χ0) is 12.7. The Bertz CT molecular complexity index is 331. The number of aliphatic hydroxyl groups excluding tert-OH is 1. The Balaban J connectivity index is 2.63. The number of aromatic nitrogens is 1. The monoisotopic (exact) mass is 255 g/mol. The zero-order valence-corrected chi connectivity index (χ0v) is 11.4. The third-order valence-corrected chi connectivity index (χ3v) is 3.72. The summed E-state index contributed by atoms with van der Waals surface area (Å²) in [5.41, 5.74) is 1.02. The summed E-state index contributed by atoms with van der Waals surface area (Å²) in [6.45, 7) is 5.15. The van der Waals surface area contributed by atoms with Gasteiger partial charge in [0.25, 0.3) is 0 Å². The molecule has 0 saturated carbocycles. The number of nitrogens with one attached hydrogen (secondary N) is 2. The Hall–Kier alpha value is -0.940. The Morgan fingerprint density at radius 3 is 2.88 bits per heavy atom. The van der Waals surface area contributed by atoms with Gasteiger partial charge in [-0.1, -0.05) is 0 Å². The molecule has 0 aliphatic rings. The molecular formula is C12H21N3OS. The number of rotatable bonds is 7. The first kappa shape index (κ1) is 14.1. The highest BCUT2D eigenvalue weighted by Gasteiger charge is 2.14. The molecule has 0 aromatic carbocycles. The lowest BCUT2D eigenvalue weighted by Gasteiger charge is -2.22. The maximum absolute atomic E-state index is 9.23. The van der Waals surface area contributed by atoms with Gasteiger partial charge in [0.2, 0.25) is 0 Å². The van der Waals surface area contributed by atoms with Crippen molar-refractivity contribution >= 4 is 23.3 Å². The van der Waals surface area contributed by atoms with Crippen molar-refractivity contribution in [1.82, 2.24) is 4.98 Å². The van der Waals surface area contributed by atoms with E-state index in [0.717, 1.165) is 18.1 Å². The van der Waals surface area contributed by atoms with E-state index in [2.05, 4.69) is 22.5 Å². The first-order chi connectivity index (χ1) is 8.21. The van der Waals surface area contributed by atoms with Gasteiger partial charge in [-0.05, 0) is 26.2 Å².